The number of hydrogen-bond donors (Lipinski definition) is 0. The first-order valence-corrected chi connectivity index (χ1v) is 8.23. The fourth-order valence-electron chi connectivity index (χ4n) is 2.50. The van der Waals surface area contributed by atoms with E-state index < -0.39 is 0 Å². The highest BCUT2D eigenvalue weighted by Crippen LogP contribution is 2.72. The second kappa shape index (κ2) is 5.07. The van der Waals surface area contributed by atoms with Crippen LogP contribution in [0.1, 0.15) is 23.0 Å². The summed E-state index contributed by atoms with van der Waals surface area (Å²) in [6.45, 7) is 0. The highest BCUT2D eigenvalue weighted by atomic mass is 79.9. The van der Waals surface area contributed by atoms with Crippen LogP contribution in [0.25, 0.3) is 0 Å². The minimum Gasteiger partial charge on any atom is -0.0843 e. The lowest BCUT2D eigenvalue weighted by Crippen LogP contribution is -1.88. The van der Waals surface area contributed by atoms with E-state index in [2.05, 4.69) is 56.1 Å². The predicted molar refractivity (Wildman–Crippen MR) is 89.0 cm³/mol. The van der Waals surface area contributed by atoms with Gasteiger partial charge in [0, 0.05) is 21.9 Å². The Kier molecular flexibility index (Phi) is 3.72. The average Bonchev–Trinajstić information content (AvgIpc) is 2.94. The van der Waals surface area contributed by atoms with Crippen molar-refractivity contribution in [3.63, 3.8) is 0 Å². The second-order valence-corrected chi connectivity index (χ2v) is 9.29. The molecule has 1 saturated carbocycles. The Hall–Kier alpha value is -0.0200. The maximum atomic E-state index is 5.94. The van der Waals surface area contributed by atoms with Crippen LogP contribution in [0.5, 0.6) is 0 Å². The molecule has 4 heteroatoms. The van der Waals surface area contributed by atoms with Crippen LogP contribution in [-0.4, -0.2) is 3.23 Å². The van der Waals surface area contributed by atoms with Gasteiger partial charge in [-0.1, -0.05) is 79.3 Å². The van der Waals surface area contributed by atoms with Crippen molar-refractivity contribution in [1.29, 1.82) is 0 Å². The quantitative estimate of drug-likeness (QED) is 0.496. The molecule has 0 radical (unpaired) electrons. The van der Waals surface area contributed by atoms with E-state index in [0.29, 0.717) is 11.8 Å². The summed E-state index contributed by atoms with van der Waals surface area (Å²) in [5.74, 6) is 0.789. The van der Waals surface area contributed by atoms with Gasteiger partial charge >= 0.3 is 0 Å². The van der Waals surface area contributed by atoms with Crippen molar-refractivity contribution in [3.8, 4) is 0 Å². The van der Waals surface area contributed by atoms with Crippen LogP contribution in [-0.2, 0) is 0 Å². The fraction of sp³-hybridized carbons (Fsp3) is 0.200. The molecule has 0 nitrogen and oxygen atoms in total. The highest BCUT2D eigenvalue weighted by Gasteiger charge is 2.62. The lowest BCUT2D eigenvalue weighted by atomic mass is 10.0. The fourth-order valence-corrected chi connectivity index (χ4v) is 4.60. The average molecular weight is 421 g/mol. The van der Waals surface area contributed by atoms with E-state index >= 15 is 0 Å². The predicted octanol–water partition coefficient (Wildman–Crippen LogP) is 6.36. The largest absolute Gasteiger partial charge is 0.0954 e. The Labute approximate surface area is 139 Å². The summed E-state index contributed by atoms with van der Waals surface area (Å²) >= 11 is 19.4. The molecule has 98 valence electrons. The molecule has 1 aliphatic rings. The van der Waals surface area contributed by atoms with E-state index in [0.717, 1.165) is 10.0 Å². The first-order valence-electron chi connectivity index (χ1n) is 5.89. The molecule has 19 heavy (non-hydrogen) atoms. The zero-order chi connectivity index (χ0) is 13.6. The molecule has 0 N–H and O–H groups in total. The van der Waals surface area contributed by atoms with Crippen molar-refractivity contribution in [2.45, 2.75) is 15.1 Å². The Morgan fingerprint density at radius 2 is 1.00 bits per heavy atom. The van der Waals surface area contributed by atoms with Gasteiger partial charge in [0.15, 0.2) is 0 Å². The van der Waals surface area contributed by atoms with Gasteiger partial charge in [0.1, 0.15) is 0 Å². The SMILES string of the molecule is Clc1ccc([C@H]2[C@H](c3ccc(Cl)cc3)C2(Br)Br)cc1. The molecule has 2 aromatic carbocycles. The number of rotatable bonds is 2. The molecule has 0 unspecified atom stereocenters. The molecule has 0 aromatic heterocycles. The van der Waals surface area contributed by atoms with Crippen LogP contribution in [0.15, 0.2) is 48.5 Å². The van der Waals surface area contributed by atoms with E-state index in [1.165, 1.54) is 11.1 Å². The molecule has 0 bridgehead atoms. The highest BCUT2D eigenvalue weighted by molar-refractivity contribution is 9.25. The molecular weight excluding hydrogens is 411 g/mol. The molecule has 2 aromatic rings. The lowest BCUT2D eigenvalue weighted by Gasteiger charge is -2.01. The summed E-state index contributed by atoms with van der Waals surface area (Å²) < 4.78 is -0.0817. The first kappa shape index (κ1) is 13.9. The van der Waals surface area contributed by atoms with Gasteiger partial charge in [-0.05, 0) is 35.4 Å². The van der Waals surface area contributed by atoms with Gasteiger partial charge in [0.05, 0.1) is 3.23 Å². The van der Waals surface area contributed by atoms with Crippen molar-refractivity contribution in [1.82, 2.24) is 0 Å². The van der Waals surface area contributed by atoms with Crippen molar-refractivity contribution < 1.29 is 0 Å². The maximum absolute atomic E-state index is 5.94. The Morgan fingerprint density at radius 3 is 1.32 bits per heavy atom. The minimum absolute atomic E-state index is 0.0817. The summed E-state index contributed by atoms with van der Waals surface area (Å²) in [6, 6.07) is 16.1. The van der Waals surface area contributed by atoms with Crippen molar-refractivity contribution in [2.24, 2.45) is 0 Å². The summed E-state index contributed by atoms with van der Waals surface area (Å²) in [5.41, 5.74) is 2.55. The molecule has 0 spiro atoms. The van der Waals surface area contributed by atoms with Gasteiger partial charge in [-0.25, -0.2) is 0 Å². The Morgan fingerprint density at radius 1 is 0.684 bits per heavy atom. The summed E-state index contributed by atoms with van der Waals surface area (Å²) in [5, 5.41) is 1.53. The second-order valence-electron chi connectivity index (χ2n) is 4.73. The van der Waals surface area contributed by atoms with Gasteiger partial charge in [0.25, 0.3) is 0 Å². The third kappa shape index (κ3) is 2.61. The molecule has 3 rings (SSSR count). The Bertz CT molecular complexity index is 537. The van der Waals surface area contributed by atoms with E-state index in [4.69, 9.17) is 23.2 Å². The van der Waals surface area contributed by atoms with Crippen LogP contribution in [0.2, 0.25) is 10.0 Å². The lowest BCUT2D eigenvalue weighted by molar-refractivity contribution is 1.03. The molecule has 0 amide bonds. The molecule has 1 fully saturated rings. The van der Waals surface area contributed by atoms with Gasteiger partial charge < -0.3 is 0 Å². The van der Waals surface area contributed by atoms with Gasteiger partial charge in [-0.2, -0.15) is 0 Å². The first-order chi connectivity index (χ1) is 9.00. The third-order valence-electron chi connectivity index (χ3n) is 3.51. The van der Waals surface area contributed by atoms with Crippen molar-refractivity contribution in [2.75, 3.05) is 0 Å². The maximum Gasteiger partial charge on any atom is 0.0954 e. The minimum atomic E-state index is -0.0817. The standard InChI is InChI=1S/C15H10Br2Cl2/c16-15(17)13(9-1-5-11(18)6-2-9)14(15)10-3-7-12(19)8-4-10/h1-8,13-14H/t13-,14-/m0/s1. The third-order valence-corrected chi connectivity index (χ3v) is 5.99. The van der Waals surface area contributed by atoms with Crippen LogP contribution in [0, 0.1) is 0 Å². The molecule has 0 heterocycles. The zero-order valence-electron chi connectivity index (χ0n) is 9.79. The normalized spacial score (nSPS) is 24.2. The smallest absolute Gasteiger partial charge is 0.0843 e. The zero-order valence-corrected chi connectivity index (χ0v) is 14.5. The number of alkyl halides is 2. The van der Waals surface area contributed by atoms with Crippen molar-refractivity contribution in [3.05, 3.63) is 69.7 Å². The van der Waals surface area contributed by atoms with E-state index in [-0.39, 0.29) is 3.23 Å². The van der Waals surface area contributed by atoms with Crippen LogP contribution < -0.4 is 0 Å². The summed E-state index contributed by atoms with van der Waals surface area (Å²) in [6.07, 6.45) is 0. The summed E-state index contributed by atoms with van der Waals surface area (Å²) in [7, 11) is 0. The molecule has 0 saturated heterocycles. The number of halogens is 4. The van der Waals surface area contributed by atoms with E-state index in [9.17, 15) is 0 Å². The van der Waals surface area contributed by atoms with Crippen molar-refractivity contribution >= 4 is 55.1 Å². The van der Waals surface area contributed by atoms with E-state index in [1.807, 2.05) is 24.3 Å². The van der Waals surface area contributed by atoms with Crippen LogP contribution in [0.4, 0.5) is 0 Å². The van der Waals surface area contributed by atoms with Crippen LogP contribution >= 0.6 is 55.1 Å². The molecule has 2 atom stereocenters. The summed E-state index contributed by atoms with van der Waals surface area (Å²) in [4.78, 5) is 0. The molecule has 0 aliphatic heterocycles. The van der Waals surface area contributed by atoms with Gasteiger partial charge in [-0.3, -0.25) is 0 Å². The van der Waals surface area contributed by atoms with E-state index in [1.54, 1.807) is 0 Å². The van der Waals surface area contributed by atoms with Crippen LogP contribution in [0.3, 0.4) is 0 Å². The molecule has 1 aliphatic carbocycles. The Balaban J connectivity index is 1.92. The monoisotopic (exact) mass is 418 g/mol. The van der Waals surface area contributed by atoms with Gasteiger partial charge in [0.2, 0.25) is 0 Å². The van der Waals surface area contributed by atoms with Gasteiger partial charge in [-0.15, -0.1) is 0 Å². The topological polar surface area (TPSA) is 0 Å². The molecular formula is C15H10Br2Cl2. The number of benzene rings is 2. The number of hydrogen-bond acceptors (Lipinski definition) is 0.